The van der Waals surface area contributed by atoms with E-state index in [0.717, 1.165) is 0 Å². The number of aromatic nitrogens is 2. The van der Waals surface area contributed by atoms with Crippen molar-refractivity contribution in [3.05, 3.63) is 53.9 Å². The molecule has 7 heteroatoms. The van der Waals surface area contributed by atoms with Crippen molar-refractivity contribution in [2.45, 2.75) is 12.7 Å². The van der Waals surface area contributed by atoms with Crippen LogP contribution in [-0.4, -0.2) is 22.8 Å². The number of fused-ring (bicyclic) bond motifs is 2. The minimum atomic E-state index is -4.52. The average Bonchev–Trinajstić information content (AvgIpc) is 2.94. The Hall–Kier alpha value is -2.70. The van der Waals surface area contributed by atoms with E-state index in [1.807, 2.05) is 0 Å². The maximum Gasteiger partial charge on any atom is 0.449 e. The van der Waals surface area contributed by atoms with Crippen LogP contribution in [0.15, 0.2) is 42.5 Å². The number of halogens is 3. The highest BCUT2D eigenvalue weighted by atomic mass is 19.4. The van der Waals surface area contributed by atoms with Gasteiger partial charge in [0.2, 0.25) is 5.82 Å². The normalized spacial score (nSPS) is 14.1. The highest BCUT2D eigenvalue weighted by Crippen LogP contribution is 2.34. The van der Waals surface area contributed by atoms with Crippen molar-refractivity contribution < 1.29 is 22.6 Å². The molecule has 4 rings (SSSR count). The van der Waals surface area contributed by atoms with E-state index in [0.29, 0.717) is 41.3 Å². The van der Waals surface area contributed by atoms with Gasteiger partial charge in [-0.25, -0.2) is 4.98 Å². The molecule has 24 heavy (non-hydrogen) atoms. The topological polar surface area (TPSA) is 36.3 Å². The molecule has 124 valence electrons. The Morgan fingerprint density at radius 2 is 1.75 bits per heavy atom. The van der Waals surface area contributed by atoms with E-state index in [9.17, 15) is 13.2 Å². The number of hydrogen-bond donors (Lipinski definition) is 0. The molecule has 0 N–H and O–H groups in total. The average molecular weight is 334 g/mol. The summed E-state index contributed by atoms with van der Waals surface area (Å²) in [7, 11) is 0. The van der Waals surface area contributed by atoms with Crippen LogP contribution in [-0.2, 0) is 12.7 Å². The molecule has 2 aromatic carbocycles. The summed E-state index contributed by atoms with van der Waals surface area (Å²) in [5.74, 6) is 0.256. The van der Waals surface area contributed by atoms with Crippen molar-refractivity contribution in [2.24, 2.45) is 0 Å². The number of imidazole rings is 1. The molecule has 0 saturated heterocycles. The first kappa shape index (κ1) is 14.9. The van der Waals surface area contributed by atoms with Crippen molar-refractivity contribution >= 4 is 11.0 Å². The van der Waals surface area contributed by atoms with Gasteiger partial charge in [-0.05, 0) is 29.8 Å². The quantitative estimate of drug-likeness (QED) is 0.714. The van der Waals surface area contributed by atoms with Gasteiger partial charge >= 0.3 is 6.18 Å². The van der Waals surface area contributed by atoms with Crippen molar-refractivity contribution in [2.75, 3.05) is 13.2 Å². The van der Waals surface area contributed by atoms with Crippen LogP contribution in [0.2, 0.25) is 0 Å². The summed E-state index contributed by atoms with van der Waals surface area (Å²) in [5, 5.41) is 0. The van der Waals surface area contributed by atoms with Gasteiger partial charge < -0.3 is 14.0 Å². The molecule has 1 aromatic heterocycles. The number of alkyl halides is 3. The molecule has 0 radical (unpaired) electrons. The van der Waals surface area contributed by atoms with Gasteiger partial charge in [-0.1, -0.05) is 18.2 Å². The Morgan fingerprint density at radius 1 is 1.00 bits per heavy atom. The van der Waals surface area contributed by atoms with Crippen LogP contribution in [0.5, 0.6) is 11.5 Å². The lowest BCUT2D eigenvalue weighted by molar-refractivity contribution is -0.146. The van der Waals surface area contributed by atoms with E-state index < -0.39 is 12.0 Å². The molecular weight excluding hydrogens is 321 g/mol. The van der Waals surface area contributed by atoms with Crippen molar-refractivity contribution in [1.82, 2.24) is 9.55 Å². The second kappa shape index (κ2) is 5.43. The Labute approximate surface area is 135 Å². The number of hydrogen-bond acceptors (Lipinski definition) is 3. The molecule has 0 amide bonds. The maximum absolute atomic E-state index is 13.3. The van der Waals surface area contributed by atoms with E-state index in [1.54, 1.807) is 42.5 Å². The molecule has 0 saturated carbocycles. The summed E-state index contributed by atoms with van der Waals surface area (Å²) < 4.78 is 52.1. The second-order valence-corrected chi connectivity index (χ2v) is 5.49. The first-order valence-electron chi connectivity index (χ1n) is 7.43. The predicted molar refractivity (Wildman–Crippen MR) is 81.3 cm³/mol. The number of benzene rings is 2. The third-order valence-electron chi connectivity index (χ3n) is 3.86. The van der Waals surface area contributed by atoms with Gasteiger partial charge in [-0.2, -0.15) is 13.2 Å². The first-order valence-corrected chi connectivity index (χ1v) is 7.43. The van der Waals surface area contributed by atoms with Crippen LogP contribution in [0.25, 0.3) is 11.0 Å². The minimum Gasteiger partial charge on any atom is -0.486 e. The van der Waals surface area contributed by atoms with Crippen LogP contribution in [0, 0.1) is 0 Å². The number of ether oxygens (including phenoxy) is 2. The zero-order chi connectivity index (χ0) is 16.7. The largest absolute Gasteiger partial charge is 0.486 e. The molecule has 0 fully saturated rings. The van der Waals surface area contributed by atoms with Gasteiger partial charge in [0.05, 0.1) is 11.0 Å². The van der Waals surface area contributed by atoms with Crippen LogP contribution in [0.4, 0.5) is 13.2 Å². The molecule has 2 heterocycles. The Morgan fingerprint density at radius 3 is 2.54 bits per heavy atom. The Balaban J connectivity index is 1.79. The number of para-hydroxylation sites is 2. The molecule has 1 aliphatic heterocycles. The van der Waals surface area contributed by atoms with Gasteiger partial charge in [0.15, 0.2) is 11.5 Å². The van der Waals surface area contributed by atoms with Gasteiger partial charge in [0.1, 0.15) is 13.2 Å². The molecule has 0 spiro atoms. The molecule has 1 aliphatic rings. The minimum absolute atomic E-state index is 0.0476. The molecule has 0 unspecified atom stereocenters. The molecule has 4 nitrogen and oxygen atoms in total. The zero-order valence-electron chi connectivity index (χ0n) is 12.5. The first-order chi connectivity index (χ1) is 11.5. The standard InChI is InChI=1S/C17H13F3N2O2/c18-17(19,20)16-21-12-3-1-2-4-13(12)22(16)10-11-5-6-14-15(9-11)24-8-7-23-14/h1-6,9H,7-8,10H2. The summed E-state index contributed by atoms with van der Waals surface area (Å²) in [6.45, 7) is 0.945. The number of nitrogens with zero attached hydrogens (tertiary/aromatic N) is 2. The smallest absolute Gasteiger partial charge is 0.449 e. The number of rotatable bonds is 2. The molecule has 0 atom stereocenters. The van der Waals surface area contributed by atoms with Crippen LogP contribution in [0.1, 0.15) is 11.4 Å². The summed E-state index contributed by atoms with van der Waals surface area (Å²) in [5.41, 5.74) is 1.45. The van der Waals surface area contributed by atoms with Crippen molar-refractivity contribution in [3.63, 3.8) is 0 Å². The third-order valence-corrected chi connectivity index (χ3v) is 3.86. The summed E-state index contributed by atoms with van der Waals surface area (Å²) >= 11 is 0. The molecular formula is C17H13F3N2O2. The van der Waals surface area contributed by atoms with Crippen molar-refractivity contribution in [3.8, 4) is 11.5 Å². The Kier molecular flexibility index (Phi) is 3.37. The zero-order valence-corrected chi connectivity index (χ0v) is 12.5. The summed E-state index contributed by atoms with van der Waals surface area (Å²) in [4.78, 5) is 3.75. The van der Waals surface area contributed by atoms with Crippen LogP contribution < -0.4 is 9.47 Å². The monoisotopic (exact) mass is 334 g/mol. The highest BCUT2D eigenvalue weighted by molar-refractivity contribution is 5.76. The van der Waals surface area contributed by atoms with Gasteiger partial charge in [0.25, 0.3) is 0 Å². The van der Waals surface area contributed by atoms with Crippen molar-refractivity contribution in [1.29, 1.82) is 0 Å². The SMILES string of the molecule is FC(F)(F)c1nc2ccccc2n1Cc1ccc2c(c1)OCCO2. The lowest BCUT2D eigenvalue weighted by Gasteiger charge is -2.19. The van der Waals surface area contributed by atoms with Gasteiger partial charge in [-0.15, -0.1) is 0 Å². The summed E-state index contributed by atoms with van der Waals surface area (Å²) in [6.07, 6.45) is -4.52. The third kappa shape index (κ3) is 2.55. The highest BCUT2D eigenvalue weighted by Gasteiger charge is 2.37. The fraction of sp³-hybridized carbons (Fsp3) is 0.235. The maximum atomic E-state index is 13.3. The van der Waals surface area contributed by atoms with Gasteiger partial charge in [0, 0.05) is 6.54 Å². The fourth-order valence-electron chi connectivity index (χ4n) is 2.82. The van der Waals surface area contributed by atoms with E-state index >= 15 is 0 Å². The Bertz CT molecular complexity index is 902. The van der Waals surface area contributed by atoms with E-state index in [-0.39, 0.29) is 6.54 Å². The molecule has 0 bridgehead atoms. The lowest BCUT2D eigenvalue weighted by atomic mass is 10.2. The lowest BCUT2D eigenvalue weighted by Crippen LogP contribution is -2.17. The second-order valence-electron chi connectivity index (χ2n) is 5.49. The fourth-order valence-corrected chi connectivity index (χ4v) is 2.82. The summed E-state index contributed by atoms with van der Waals surface area (Å²) in [6, 6.07) is 11.7. The van der Waals surface area contributed by atoms with Crippen LogP contribution >= 0.6 is 0 Å². The molecule has 0 aliphatic carbocycles. The van der Waals surface area contributed by atoms with E-state index in [2.05, 4.69) is 4.98 Å². The van der Waals surface area contributed by atoms with Crippen LogP contribution in [0.3, 0.4) is 0 Å². The van der Waals surface area contributed by atoms with Gasteiger partial charge in [-0.3, -0.25) is 0 Å². The van der Waals surface area contributed by atoms with E-state index in [1.165, 1.54) is 4.57 Å². The van der Waals surface area contributed by atoms with E-state index in [4.69, 9.17) is 9.47 Å². The predicted octanol–water partition coefficient (Wildman–Crippen LogP) is 3.87. The molecule has 3 aromatic rings.